The number of fused-ring (bicyclic) bond motifs is 5. The van der Waals surface area contributed by atoms with Gasteiger partial charge < -0.3 is 5.32 Å². The summed E-state index contributed by atoms with van der Waals surface area (Å²) >= 11 is 0. The van der Waals surface area contributed by atoms with Gasteiger partial charge in [-0.15, -0.1) is 12.4 Å². The van der Waals surface area contributed by atoms with Crippen LogP contribution in [0.5, 0.6) is 0 Å². The van der Waals surface area contributed by atoms with E-state index in [2.05, 4.69) is 5.32 Å². The standard InChI is InChI=1S/C14H23N.ClH/c1-2-11-10-6-13(12(11)3-1)14(7-10)15-8-9-4-5-9;/h9-15H,1-8H2;1H/t10-,11-,12-,13-,14+;/m0./s1. The lowest BCUT2D eigenvalue weighted by Crippen LogP contribution is -2.40. The topological polar surface area (TPSA) is 12.0 Å². The highest BCUT2D eigenvalue weighted by molar-refractivity contribution is 5.85. The Morgan fingerprint density at radius 1 is 0.875 bits per heavy atom. The first-order valence-corrected chi connectivity index (χ1v) is 7.15. The molecule has 1 N–H and O–H groups in total. The Kier molecular flexibility index (Phi) is 2.96. The molecule has 4 rings (SSSR count). The Morgan fingerprint density at radius 3 is 2.50 bits per heavy atom. The van der Waals surface area contributed by atoms with Crippen molar-refractivity contribution in [2.24, 2.45) is 29.6 Å². The summed E-state index contributed by atoms with van der Waals surface area (Å²) in [6.45, 7) is 1.34. The van der Waals surface area contributed by atoms with Crippen molar-refractivity contribution >= 4 is 12.4 Å². The van der Waals surface area contributed by atoms with Gasteiger partial charge in [-0.3, -0.25) is 0 Å². The molecule has 0 aromatic carbocycles. The van der Waals surface area contributed by atoms with Crippen molar-refractivity contribution in [3.8, 4) is 0 Å². The van der Waals surface area contributed by atoms with Crippen molar-refractivity contribution in [1.82, 2.24) is 5.32 Å². The zero-order valence-electron chi connectivity index (χ0n) is 10.0. The van der Waals surface area contributed by atoms with Crippen LogP contribution in [-0.4, -0.2) is 12.6 Å². The molecule has 0 spiro atoms. The molecular weight excluding hydrogens is 218 g/mol. The van der Waals surface area contributed by atoms with Gasteiger partial charge in [-0.1, -0.05) is 6.42 Å². The summed E-state index contributed by atoms with van der Waals surface area (Å²) in [4.78, 5) is 0. The second-order valence-corrected chi connectivity index (χ2v) is 6.61. The van der Waals surface area contributed by atoms with Gasteiger partial charge in [0.15, 0.2) is 0 Å². The highest BCUT2D eigenvalue weighted by Crippen LogP contribution is 2.58. The van der Waals surface area contributed by atoms with E-state index in [1.54, 1.807) is 19.3 Å². The van der Waals surface area contributed by atoms with E-state index >= 15 is 0 Å². The van der Waals surface area contributed by atoms with Gasteiger partial charge in [0.1, 0.15) is 0 Å². The summed E-state index contributed by atoms with van der Waals surface area (Å²) < 4.78 is 0. The van der Waals surface area contributed by atoms with Crippen LogP contribution < -0.4 is 5.32 Å². The van der Waals surface area contributed by atoms with Gasteiger partial charge in [-0.25, -0.2) is 0 Å². The van der Waals surface area contributed by atoms with E-state index in [0.717, 1.165) is 35.6 Å². The molecule has 2 bridgehead atoms. The van der Waals surface area contributed by atoms with E-state index in [9.17, 15) is 0 Å². The Labute approximate surface area is 105 Å². The van der Waals surface area contributed by atoms with Crippen LogP contribution in [0.2, 0.25) is 0 Å². The molecule has 4 saturated carbocycles. The lowest BCUT2D eigenvalue weighted by atomic mass is 9.79. The van der Waals surface area contributed by atoms with Crippen molar-refractivity contribution in [2.75, 3.05) is 6.54 Å². The average molecular weight is 242 g/mol. The third kappa shape index (κ3) is 1.71. The van der Waals surface area contributed by atoms with E-state index < -0.39 is 0 Å². The Morgan fingerprint density at radius 2 is 1.69 bits per heavy atom. The minimum Gasteiger partial charge on any atom is -0.313 e. The fourth-order valence-electron chi connectivity index (χ4n) is 4.94. The van der Waals surface area contributed by atoms with Gasteiger partial charge in [0.05, 0.1) is 0 Å². The molecule has 4 fully saturated rings. The quantitative estimate of drug-likeness (QED) is 0.800. The first-order valence-electron chi connectivity index (χ1n) is 7.15. The van der Waals surface area contributed by atoms with E-state index in [0.29, 0.717) is 0 Å². The van der Waals surface area contributed by atoms with Gasteiger partial charge in [0, 0.05) is 6.04 Å². The molecule has 0 unspecified atom stereocenters. The second kappa shape index (κ2) is 4.17. The third-order valence-electron chi connectivity index (χ3n) is 5.79. The average Bonchev–Trinajstić information content (AvgIpc) is 2.72. The molecule has 0 saturated heterocycles. The molecule has 4 aliphatic rings. The van der Waals surface area contributed by atoms with Crippen molar-refractivity contribution < 1.29 is 0 Å². The molecule has 1 nitrogen and oxygen atoms in total. The maximum atomic E-state index is 3.89. The summed E-state index contributed by atoms with van der Waals surface area (Å²) in [6.07, 6.45) is 10.8. The maximum absolute atomic E-state index is 3.89. The molecule has 0 aromatic heterocycles. The van der Waals surface area contributed by atoms with E-state index in [1.807, 2.05) is 0 Å². The first kappa shape index (κ1) is 11.3. The lowest BCUT2D eigenvalue weighted by Gasteiger charge is -2.32. The van der Waals surface area contributed by atoms with Crippen LogP contribution in [0.15, 0.2) is 0 Å². The predicted octanol–water partition coefficient (Wildman–Crippen LogP) is 3.23. The van der Waals surface area contributed by atoms with Crippen LogP contribution >= 0.6 is 12.4 Å². The van der Waals surface area contributed by atoms with Gasteiger partial charge in [0.25, 0.3) is 0 Å². The van der Waals surface area contributed by atoms with Crippen LogP contribution in [0.4, 0.5) is 0 Å². The minimum absolute atomic E-state index is 0. The summed E-state index contributed by atoms with van der Waals surface area (Å²) in [5, 5.41) is 3.89. The molecule has 0 aliphatic heterocycles. The molecule has 0 amide bonds. The number of hydrogen-bond donors (Lipinski definition) is 1. The Balaban J connectivity index is 0.000000810. The number of halogens is 1. The predicted molar refractivity (Wildman–Crippen MR) is 68.8 cm³/mol. The summed E-state index contributed by atoms with van der Waals surface area (Å²) in [5.74, 6) is 5.57. The fourth-order valence-corrected chi connectivity index (χ4v) is 4.94. The van der Waals surface area contributed by atoms with Crippen LogP contribution in [-0.2, 0) is 0 Å². The second-order valence-electron chi connectivity index (χ2n) is 6.61. The smallest absolute Gasteiger partial charge is 0.0101 e. The van der Waals surface area contributed by atoms with Crippen LogP contribution in [0.25, 0.3) is 0 Å². The molecule has 16 heavy (non-hydrogen) atoms. The molecule has 5 atom stereocenters. The van der Waals surface area contributed by atoms with Gasteiger partial charge in [0.2, 0.25) is 0 Å². The maximum Gasteiger partial charge on any atom is 0.0101 e. The molecular formula is C14H24ClN. The highest BCUT2D eigenvalue weighted by Gasteiger charge is 2.53. The molecule has 2 heteroatoms. The minimum atomic E-state index is 0. The third-order valence-corrected chi connectivity index (χ3v) is 5.79. The molecule has 0 heterocycles. The van der Waals surface area contributed by atoms with Crippen molar-refractivity contribution in [3.05, 3.63) is 0 Å². The van der Waals surface area contributed by atoms with E-state index in [1.165, 1.54) is 32.2 Å². The number of hydrogen-bond acceptors (Lipinski definition) is 1. The highest BCUT2D eigenvalue weighted by atomic mass is 35.5. The zero-order chi connectivity index (χ0) is 9.83. The van der Waals surface area contributed by atoms with Gasteiger partial charge >= 0.3 is 0 Å². The van der Waals surface area contributed by atoms with Gasteiger partial charge in [-0.2, -0.15) is 0 Å². The van der Waals surface area contributed by atoms with Crippen molar-refractivity contribution in [2.45, 2.75) is 51.0 Å². The largest absolute Gasteiger partial charge is 0.313 e. The summed E-state index contributed by atoms with van der Waals surface area (Å²) in [5.41, 5.74) is 0. The molecule has 0 radical (unpaired) electrons. The molecule has 4 aliphatic carbocycles. The number of nitrogens with one attached hydrogen (secondary N) is 1. The lowest BCUT2D eigenvalue weighted by molar-refractivity contribution is 0.208. The Hall–Kier alpha value is 0.250. The molecule has 0 aromatic rings. The van der Waals surface area contributed by atoms with E-state index in [-0.39, 0.29) is 12.4 Å². The van der Waals surface area contributed by atoms with Crippen molar-refractivity contribution in [3.63, 3.8) is 0 Å². The van der Waals surface area contributed by atoms with E-state index in [4.69, 9.17) is 0 Å². The monoisotopic (exact) mass is 241 g/mol. The summed E-state index contributed by atoms with van der Waals surface area (Å²) in [6, 6.07) is 0.926. The number of rotatable bonds is 3. The fraction of sp³-hybridized carbons (Fsp3) is 1.00. The summed E-state index contributed by atoms with van der Waals surface area (Å²) in [7, 11) is 0. The van der Waals surface area contributed by atoms with Crippen LogP contribution in [0, 0.1) is 29.6 Å². The van der Waals surface area contributed by atoms with Crippen LogP contribution in [0.3, 0.4) is 0 Å². The first-order chi connectivity index (χ1) is 7.42. The van der Waals surface area contributed by atoms with Crippen LogP contribution in [0.1, 0.15) is 44.9 Å². The van der Waals surface area contributed by atoms with Crippen molar-refractivity contribution in [1.29, 1.82) is 0 Å². The SMILES string of the molecule is C1C[C@H]2[C@@H](C1)[C@H]1C[C@@H]2[C@H](NCC2CC2)C1.Cl. The zero-order valence-corrected chi connectivity index (χ0v) is 10.8. The Bertz CT molecular complexity index is 263. The van der Waals surface area contributed by atoms with Gasteiger partial charge in [-0.05, 0) is 74.7 Å². The normalized spacial score (nSPS) is 49.1. The molecule has 92 valence electrons.